The van der Waals surface area contributed by atoms with Crippen LogP contribution in [0.4, 0.5) is 18.0 Å². The maximum atomic E-state index is 15.0. The van der Waals surface area contributed by atoms with E-state index in [0.717, 1.165) is 30.0 Å². The number of amides is 2. The predicted molar refractivity (Wildman–Crippen MR) is 164 cm³/mol. The maximum absolute atomic E-state index is 15.0. The molecule has 0 unspecified atom stereocenters. The molecule has 2 atom stereocenters. The average molecular weight is 635 g/mol. The van der Waals surface area contributed by atoms with E-state index in [1.807, 2.05) is 55.7 Å². The number of benzene rings is 2. The number of sulfonamides is 1. The molecule has 1 fully saturated rings. The minimum absolute atomic E-state index is 0.0139. The van der Waals surface area contributed by atoms with Crippen molar-refractivity contribution in [3.63, 3.8) is 0 Å². The topological polar surface area (TPSA) is 105 Å². The summed E-state index contributed by atoms with van der Waals surface area (Å²) in [7, 11) is -3.42. The molecule has 0 aliphatic carbocycles. The third kappa shape index (κ3) is 7.99. The Morgan fingerprint density at radius 1 is 1.07 bits per heavy atom. The van der Waals surface area contributed by atoms with E-state index in [0.29, 0.717) is 12.4 Å². The lowest BCUT2D eigenvalue weighted by Crippen LogP contribution is -2.56. The summed E-state index contributed by atoms with van der Waals surface area (Å²) >= 11 is 0. The highest BCUT2D eigenvalue weighted by Gasteiger charge is 2.41. The molecule has 2 heterocycles. The highest BCUT2D eigenvalue weighted by Crippen LogP contribution is 2.40. The molecule has 0 bridgehead atoms. The molecule has 240 valence electrons. The highest BCUT2D eigenvalue weighted by molar-refractivity contribution is 7.88. The molecule has 44 heavy (non-hydrogen) atoms. The zero-order valence-corrected chi connectivity index (χ0v) is 26.4. The maximum Gasteiger partial charge on any atom is 0.320 e. The van der Waals surface area contributed by atoms with Crippen LogP contribution in [0.3, 0.4) is 0 Å². The van der Waals surface area contributed by atoms with Crippen molar-refractivity contribution in [1.29, 1.82) is 0 Å². The number of piperazine rings is 1. The molecule has 4 rings (SSSR count). The molecule has 1 saturated heterocycles. The summed E-state index contributed by atoms with van der Waals surface area (Å²) in [5.74, 6) is -0.810. The average Bonchev–Trinajstić information content (AvgIpc) is 3.37. The molecule has 1 aliphatic rings. The number of nitrogens with two attached hydrogens (primary N) is 1. The molecular formula is C31H41F3N6O3S. The van der Waals surface area contributed by atoms with Gasteiger partial charge in [-0.1, -0.05) is 51.1 Å². The lowest BCUT2D eigenvalue weighted by atomic mass is 9.84. The van der Waals surface area contributed by atoms with E-state index in [-0.39, 0.29) is 56.4 Å². The summed E-state index contributed by atoms with van der Waals surface area (Å²) in [6.07, 6.45) is 2.96. The standard InChI is InChI=1S/C31H41F3N6O3S/c1-31(2,3)28(40(13-12-24(35)19-32)30(41)37-14-16-39(17-15-37)44(4,42)43)29-36-27(25-18-23(33)10-11-26(25)34)21-38(29)20-22-8-6-5-7-9-22/h5-11,18,21,24,28H,12-17,19-20,35H2,1-4H3/t24-,28-/m0/s1. The molecule has 2 amide bonds. The molecule has 0 spiro atoms. The summed E-state index contributed by atoms with van der Waals surface area (Å²) in [5.41, 5.74) is 6.44. The number of hydrogen-bond acceptors (Lipinski definition) is 5. The zero-order chi connectivity index (χ0) is 32.2. The highest BCUT2D eigenvalue weighted by atomic mass is 32.2. The quantitative estimate of drug-likeness (QED) is 0.350. The summed E-state index contributed by atoms with van der Waals surface area (Å²) in [4.78, 5) is 22.3. The fourth-order valence-electron chi connectivity index (χ4n) is 5.48. The first kappa shape index (κ1) is 33.5. The number of alkyl halides is 1. The molecule has 1 aliphatic heterocycles. The van der Waals surface area contributed by atoms with E-state index in [1.165, 1.54) is 4.31 Å². The summed E-state index contributed by atoms with van der Waals surface area (Å²) in [6.45, 7) is 6.14. The number of halogens is 3. The fraction of sp³-hybridized carbons (Fsp3) is 0.484. The van der Waals surface area contributed by atoms with Gasteiger partial charge in [-0.25, -0.2) is 31.4 Å². The van der Waals surface area contributed by atoms with Gasteiger partial charge >= 0.3 is 6.03 Å². The largest absolute Gasteiger partial charge is 0.328 e. The molecule has 9 nitrogen and oxygen atoms in total. The van der Waals surface area contributed by atoms with Crippen molar-refractivity contribution < 1.29 is 26.4 Å². The molecular weight excluding hydrogens is 593 g/mol. The van der Waals surface area contributed by atoms with E-state index >= 15 is 0 Å². The molecule has 1 aromatic heterocycles. The second-order valence-electron chi connectivity index (χ2n) is 12.3. The molecule has 2 N–H and O–H groups in total. The van der Waals surface area contributed by atoms with Gasteiger partial charge in [0.25, 0.3) is 0 Å². The molecule has 2 aromatic carbocycles. The van der Waals surface area contributed by atoms with Gasteiger partial charge in [-0.05, 0) is 35.6 Å². The third-order valence-corrected chi connectivity index (χ3v) is 9.05. The first-order valence-electron chi connectivity index (χ1n) is 14.6. The smallest absolute Gasteiger partial charge is 0.320 e. The second-order valence-corrected chi connectivity index (χ2v) is 14.3. The Morgan fingerprint density at radius 3 is 2.32 bits per heavy atom. The van der Waals surface area contributed by atoms with E-state index in [1.54, 1.807) is 16.0 Å². The Balaban J connectivity index is 1.82. The number of imidazole rings is 1. The summed E-state index contributed by atoms with van der Waals surface area (Å²) in [5, 5.41) is 0. The van der Waals surface area contributed by atoms with Crippen molar-refractivity contribution >= 4 is 16.1 Å². The molecule has 3 aromatic rings. The lowest BCUT2D eigenvalue weighted by molar-refractivity contribution is 0.0735. The lowest BCUT2D eigenvalue weighted by Gasteiger charge is -2.44. The Labute approximate surface area is 257 Å². The number of urea groups is 1. The minimum atomic E-state index is -3.42. The molecule has 0 saturated carbocycles. The fourth-order valence-corrected chi connectivity index (χ4v) is 6.31. The van der Waals surface area contributed by atoms with Gasteiger partial charge in [-0.15, -0.1) is 0 Å². The van der Waals surface area contributed by atoms with Crippen molar-refractivity contribution in [1.82, 2.24) is 23.7 Å². The van der Waals surface area contributed by atoms with Crippen LogP contribution in [-0.2, 0) is 16.6 Å². The molecule has 13 heteroatoms. The van der Waals surface area contributed by atoms with Crippen LogP contribution in [0.15, 0.2) is 54.7 Å². The van der Waals surface area contributed by atoms with Crippen molar-refractivity contribution in [2.75, 3.05) is 45.7 Å². The van der Waals surface area contributed by atoms with Crippen molar-refractivity contribution in [3.8, 4) is 11.3 Å². The van der Waals surface area contributed by atoms with Crippen LogP contribution in [0.5, 0.6) is 0 Å². The van der Waals surface area contributed by atoms with Crippen LogP contribution >= 0.6 is 0 Å². The van der Waals surface area contributed by atoms with Crippen LogP contribution in [0.1, 0.15) is 44.6 Å². The first-order chi connectivity index (χ1) is 20.7. The number of nitrogens with zero attached hydrogens (tertiary/aromatic N) is 5. The van der Waals surface area contributed by atoms with Crippen LogP contribution < -0.4 is 5.73 Å². The van der Waals surface area contributed by atoms with E-state index in [9.17, 15) is 26.4 Å². The third-order valence-electron chi connectivity index (χ3n) is 7.75. The number of hydrogen-bond donors (Lipinski definition) is 1. The van der Waals surface area contributed by atoms with Crippen LogP contribution in [0.2, 0.25) is 0 Å². The van der Waals surface area contributed by atoms with Gasteiger partial charge in [-0.3, -0.25) is 0 Å². The van der Waals surface area contributed by atoms with Gasteiger partial charge in [0.2, 0.25) is 10.0 Å². The van der Waals surface area contributed by atoms with Gasteiger partial charge in [0.1, 0.15) is 24.1 Å². The van der Waals surface area contributed by atoms with E-state index in [4.69, 9.17) is 10.7 Å². The van der Waals surface area contributed by atoms with Gasteiger partial charge in [0.05, 0.1) is 18.0 Å². The Kier molecular flexibility index (Phi) is 10.4. The van der Waals surface area contributed by atoms with Crippen molar-refractivity contribution in [2.45, 2.75) is 45.8 Å². The Bertz CT molecular complexity index is 1540. The van der Waals surface area contributed by atoms with Gasteiger partial charge < -0.3 is 20.1 Å². The Morgan fingerprint density at radius 2 is 1.73 bits per heavy atom. The molecule has 0 radical (unpaired) electrons. The summed E-state index contributed by atoms with van der Waals surface area (Å²) < 4.78 is 70.0. The summed E-state index contributed by atoms with van der Waals surface area (Å²) in [6, 6.07) is 10.9. The van der Waals surface area contributed by atoms with Crippen LogP contribution in [0, 0.1) is 17.0 Å². The van der Waals surface area contributed by atoms with Gasteiger partial charge in [0, 0.05) is 57.1 Å². The number of carbonyl (C=O) groups is 1. The normalized spacial score (nSPS) is 16.1. The monoisotopic (exact) mass is 634 g/mol. The van der Waals surface area contributed by atoms with Crippen molar-refractivity contribution in [3.05, 3.63) is 77.8 Å². The number of rotatable bonds is 10. The zero-order valence-electron chi connectivity index (χ0n) is 25.6. The number of aromatic nitrogens is 2. The van der Waals surface area contributed by atoms with Gasteiger partial charge in [0.15, 0.2) is 0 Å². The SMILES string of the molecule is CC(C)(C)[C@H](c1nc(-c2cc(F)ccc2F)cn1Cc1ccccc1)N(CC[C@H](N)CF)C(=O)N1CCN(S(C)(=O)=O)CC1. The van der Waals surface area contributed by atoms with E-state index in [2.05, 4.69) is 0 Å². The Hall–Kier alpha value is -3.42. The minimum Gasteiger partial charge on any atom is -0.328 e. The predicted octanol–water partition coefficient (Wildman–Crippen LogP) is 4.65. The van der Waals surface area contributed by atoms with Crippen molar-refractivity contribution in [2.24, 2.45) is 11.1 Å². The van der Waals surface area contributed by atoms with Gasteiger partial charge in [-0.2, -0.15) is 4.31 Å². The van der Waals surface area contributed by atoms with E-state index < -0.39 is 45.8 Å². The van der Waals surface area contributed by atoms with Crippen LogP contribution in [-0.4, -0.2) is 89.8 Å². The van der Waals surface area contributed by atoms with Crippen LogP contribution in [0.25, 0.3) is 11.3 Å². The number of carbonyl (C=O) groups excluding carboxylic acids is 1. The first-order valence-corrected chi connectivity index (χ1v) is 16.4. The second kappa shape index (κ2) is 13.7.